The van der Waals surface area contributed by atoms with Gasteiger partial charge in [-0.2, -0.15) is 11.8 Å². The van der Waals surface area contributed by atoms with Crippen molar-refractivity contribution in [2.24, 2.45) is 5.73 Å². The van der Waals surface area contributed by atoms with Crippen molar-refractivity contribution in [2.75, 3.05) is 26.4 Å². The Hall–Kier alpha value is -1.44. The maximum Gasteiger partial charge on any atom is 0.317 e. The number of nitrogens with zero attached hydrogens (tertiary/aromatic N) is 2. The van der Waals surface area contributed by atoms with Crippen LogP contribution in [0.25, 0.3) is 0 Å². The zero-order valence-corrected chi connectivity index (χ0v) is 16.7. The van der Waals surface area contributed by atoms with Gasteiger partial charge in [0.2, 0.25) is 11.8 Å². The highest BCUT2D eigenvalue weighted by atomic mass is 32.2. The number of rotatable bonds is 11. The fraction of sp³-hybridized carbons (Fsp3) is 0.833. The minimum atomic E-state index is -0.259. The Kier molecular flexibility index (Phi) is 8.06. The van der Waals surface area contributed by atoms with Crippen molar-refractivity contribution in [1.29, 1.82) is 0 Å². The van der Waals surface area contributed by atoms with E-state index in [0.29, 0.717) is 24.1 Å². The number of nitrogens with two attached hydrogens (primary N) is 1. The Balaban J connectivity index is 1.55. The fourth-order valence-corrected chi connectivity index (χ4v) is 5.38. The minimum absolute atomic E-state index is 0.0398. The van der Waals surface area contributed by atoms with Gasteiger partial charge in [-0.3, -0.25) is 9.59 Å². The van der Waals surface area contributed by atoms with Gasteiger partial charge in [-0.15, -0.1) is 0 Å². The zero-order valence-electron chi connectivity index (χ0n) is 15.9. The van der Waals surface area contributed by atoms with Crippen LogP contribution in [-0.4, -0.2) is 71.4 Å². The average Bonchev–Trinajstić information content (AvgIpc) is 3.11. The number of hydrogen-bond acceptors (Lipinski definition) is 4. The van der Waals surface area contributed by atoms with Crippen molar-refractivity contribution in [3.63, 3.8) is 0 Å². The molecule has 2 unspecified atom stereocenters. The SMILES string of the molecule is CN(CCCCCC(N)=O)C(=O)CCCC[C@@H]1SCC2NC(=O)N(C)C21. The van der Waals surface area contributed by atoms with Crippen LogP contribution in [0.15, 0.2) is 0 Å². The van der Waals surface area contributed by atoms with E-state index in [1.165, 1.54) is 0 Å². The Bertz CT molecular complexity index is 517. The summed E-state index contributed by atoms with van der Waals surface area (Å²) in [4.78, 5) is 38.2. The van der Waals surface area contributed by atoms with Gasteiger partial charge in [-0.25, -0.2) is 4.79 Å². The molecule has 0 bridgehead atoms. The highest BCUT2D eigenvalue weighted by Crippen LogP contribution is 2.36. The molecule has 3 atom stereocenters. The molecule has 0 spiro atoms. The third-order valence-corrected chi connectivity index (χ3v) is 6.83. The van der Waals surface area contributed by atoms with Gasteiger partial charge in [0.15, 0.2) is 0 Å². The summed E-state index contributed by atoms with van der Waals surface area (Å²) >= 11 is 1.94. The summed E-state index contributed by atoms with van der Waals surface area (Å²) in [6.07, 6.45) is 6.59. The Morgan fingerprint density at radius 2 is 1.96 bits per heavy atom. The Labute approximate surface area is 160 Å². The zero-order chi connectivity index (χ0) is 19.1. The van der Waals surface area contributed by atoms with Crippen molar-refractivity contribution in [3.05, 3.63) is 0 Å². The van der Waals surface area contributed by atoms with Gasteiger partial charge < -0.3 is 20.9 Å². The second-order valence-electron chi connectivity index (χ2n) is 7.37. The maximum atomic E-state index is 12.2. The molecule has 0 aromatic rings. The molecule has 8 heteroatoms. The lowest BCUT2D eigenvalue weighted by Gasteiger charge is -2.23. The number of carbonyl (C=O) groups excluding carboxylic acids is 3. The first-order valence-corrected chi connectivity index (χ1v) is 10.6. The molecule has 7 nitrogen and oxygen atoms in total. The van der Waals surface area contributed by atoms with Crippen molar-refractivity contribution < 1.29 is 14.4 Å². The molecule has 0 aromatic heterocycles. The van der Waals surface area contributed by atoms with Crippen LogP contribution in [0.3, 0.4) is 0 Å². The predicted molar refractivity (Wildman–Crippen MR) is 104 cm³/mol. The Morgan fingerprint density at radius 3 is 2.69 bits per heavy atom. The molecular formula is C18H32N4O3S. The quantitative estimate of drug-likeness (QED) is 0.417. The smallest absolute Gasteiger partial charge is 0.317 e. The van der Waals surface area contributed by atoms with E-state index in [-0.39, 0.29) is 23.9 Å². The fourth-order valence-electron chi connectivity index (χ4n) is 3.74. The van der Waals surface area contributed by atoms with E-state index < -0.39 is 0 Å². The number of hydrogen-bond donors (Lipinski definition) is 2. The Morgan fingerprint density at radius 1 is 1.23 bits per heavy atom. The van der Waals surface area contributed by atoms with Crippen LogP contribution in [0.1, 0.15) is 51.4 Å². The highest BCUT2D eigenvalue weighted by Gasteiger charge is 2.46. The van der Waals surface area contributed by atoms with Gasteiger partial charge in [0.1, 0.15) is 0 Å². The number of amides is 4. The van der Waals surface area contributed by atoms with E-state index in [0.717, 1.165) is 50.8 Å². The van der Waals surface area contributed by atoms with Crippen LogP contribution >= 0.6 is 11.8 Å². The van der Waals surface area contributed by atoms with Crippen LogP contribution in [0, 0.1) is 0 Å². The lowest BCUT2D eigenvalue weighted by atomic mass is 10.0. The molecule has 2 aliphatic rings. The highest BCUT2D eigenvalue weighted by molar-refractivity contribution is 8.00. The number of likely N-dealkylation sites (N-methyl/N-ethyl adjacent to an activating group) is 1. The third kappa shape index (κ3) is 5.79. The number of nitrogens with one attached hydrogen (secondary N) is 1. The van der Waals surface area contributed by atoms with E-state index in [1.807, 2.05) is 30.8 Å². The number of thioether (sulfide) groups is 1. The average molecular weight is 385 g/mol. The number of carbonyl (C=O) groups is 3. The topological polar surface area (TPSA) is 95.7 Å². The van der Waals surface area contributed by atoms with Crippen LogP contribution in [0.2, 0.25) is 0 Å². The molecule has 2 saturated heterocycles. The third-order valence-electron chi connectivity index (χ3n) is 5.33. The summed E-state index contributed by atoms with van der Waals surface area (Å²) in [6.45, 7) is 0.735. The first-order chi connectivity index (χ1) is 12.4. The monoisotopic (exact) mass is 384 g/mol. The van der Waals surface area contributed by atoms with E-state index >= 15 is 0 Å². The lowest BCUT2D eigenvalue weighted by molar-refractivity contribution is -0.130. The molecule has 0 saturated carbocycles. The van der Waals surface area contributed by atoms with Gasteiger partial charge in [0.05, 0.1) is 12.1 Å². The normalized spacial score (nSPS) is 24.5. The standard InChI is InChI=1S/C18H32N4O3S/c1-21(11-7-3-4-9-15(19)23)16(24)10-6-5-8-14-17-13(12-26-14)20-18(25)22(17)2/h13-14,17H,3-12H2,1-2H3,(H2,19,23)(H,20,25)/t13?,14-,17?/m0/s1. The summed E-state index contributed by atoms with van der Waals surface area (Å²) in [5, 5.41) is 3.51. The minimum Gasteiger partial charge on any atom is -0.370 e. The molecule has 2 aliphatic heterocycles. The molecule has 0 aromatic carbocycles. The molecule has 0 radical (unpaired) electrons. The molecule has 148 valence electrons. The molecule has 4 amide bonds. The van der Waals surface area contributed by atoms with E-state index in [4.69, 9.17) is 5.73 Å². The summed E-state index contributed by atoms with van der Waals surface area (Å²) in [6, 6.07) is 0.619. The van der Waals surface area contributed by atoms with Crippen molar-refractivity contribution in [1.82, 2.24) is 15.1 Å². The number of urea groups is 1. The van der Waals surface area contributed by atoms with Crippen molar-refractivity contribution in [3.8, 4) is 0 Å². The van der Waals surface area contributed by atoms with Crippen LogP contribution in [0.4, 0.5) is 4.79 Å². The van der Waals surface area contributed by atoms with Gasteiger partial charge in [-0.05, 0) is 25.7 Å². The lowest BCUT2D eigenvalue weighted by Crippen LogP contribution is -2.38. The molecular weight excluding hydrogens is 352 g/mol. The molecule has 3 N–H and O–H groups in total. The van der Waals surface area contributed by atoms with E-state index in [1.54, 1.807) is 4.90 Å². The molecule has 2 rings (SSSR count). The second-order valence-corrected chi connectivity index (χ2v) is 8.64. The van der Waals surface area contributed by atoms with Gasteiger partial charge >= 0.3 is 6.03 Å². The van der Waals surface area contributed by atoms with Crippen LogP contribution < -0.4 is 11.1 Å². The van der Waals surface area contributed by atoms with Gasteiger partial charge in [0.25, 0.3) is 0 Å². The van der Waals surface area contributed by atoms with Gasteiger partial charge in [-0.1, -0.05) is 12.8 Å². The summed E-state index contributed by atoms with van der Waals surface area (Å²) in [5.74, 6) is 0.917. The van der Waals surface area contributed by atoms with Crippen molar-refractivity contribution in [2.45, 2.75) is 68.7 Å². The van der Waals surface area contributed by atoms with Gasteiger partial charge in [0, 0.05) is 44.5 Å². The molecule has 2 heterocycles. The van der Waals surface area contributed by atoms with E-state index in [9.17, 15) is 14.4 Å². The number of unbranched alkanes of at least 4 members (excludes halogenated alkanes) is 3. The number of primary amides is 1. The maximum absolute atomic E-state index is 12.2. The number of fused-ring (bicyclic) bond motifs is 1. The molecule has 2 fully saturated rings. The van der Waals surface area contributed by atoms with E-state index in [2.05, 4.69) is 5.32 Å². The second kappa shape index (κ2) is 10.0. The van der Waals surface area contributed by atoms with Crippen LogP contribution in [-0.2, 0) is 9.59 Å². The van der Waals surface area contributed by atoms with Crippen LogP contribution in [0.5, 0.6) is 0 Å². The predicted octanol–water partition coefficient (Wildman–Crippen LogP) is 1.56. The first kappa shape index (κ1) is 20.9. The molecule has 0 aliphatic carbocycles. The largest absolute Gasteiger partial charge is 0.370 e. The van der Waals surface area contributed by atoms with Crippen molar-refractivity contribution >= 4 is 29.6 Å². The first-order valence-electron chi connectivity index (χ1n) is 9.57. The molecule has 26 heavy (non-hydrogen) atoms. The summed E-state index contributed by atoms with van der Waals surface area (Å²) in [5.41, 5.74) is 5.11. The summed E-state index contributed by atoms with van der Waals surface area (Å²) in [7, 11) is 3.72. The summed E-state index contributed by atoms with van der Waals surface area (Å²) < 4.78 is 0.